The monoisotopic (exact) mass is 485 g/mol. The second-order valence-electron chi connectivity index (χ2n) is 8.87. The Morgan fingerprint density at radius 1 is 0.941 bits per heavy atom. The van der Waals surface area contributed by atoms with Crippen LogP contribution in [0.2, 0.25) is 0 Å². The summed E-state index contributed by atoms with van der Waals surface area (Å²) in [5.41, 5.74) is 2.31. The molecule has 2 aromatic rings. The lowest BCUT2D eigenvalue weighted by atomic mass is 10.2. The molecule has 0 N–H and O–H groups in total. The van der Waals surface area contributed by atoms with Gasteiger partial charge >= 0.3 is 0 Å². The van der Waals surface area contributed by atoms with E-state index in [9.17, 15) is 13.2 Å². The topological polar surface area (TPSA) is 86.3 Å². The smallest absolute Gasteiger partial charge is 0.244 e. The molecule has 0 bridgehead atoms. The van der Waals surface area contributed by atoms with Gasteiger partial charge in [-0.25, -0.2) is 13.4 Å². The van der Waals surface area contributed by atoms with Gasteiger partial charge in [-0.1, -0.05) is 18.2 Å². The van der Waals surface area contributed by atoms with Gasteiger partial charge in [-0.15, -0.1) is 0 Å². The Bertz CT molecular complexity index is 1110. The van der Waals surface area contributed by atoms with Crippen LogP contribution in [0.3, 0.4) is 0 Å². The molecule has 0 spiro atoms. The molecule has 0 aliphatic carbocycles. The van der Waals surface area contributed by atoms with Crippen LogP contribution in [0, 0.1) is 0 Å². The number of morpholine rings is 1. The van der Waals surface area contributed by atoms with E-state index in [-0.39, 0.29) is 10.8 Å². The van der Waals surface area contributed by atoms with E-state index in [1.165, 1.54) is 16.1 Å². The third kappa shape index (κ3) is 4.81. The first-order valence-corrected chi connectivity index (χ1v) is 13.4. The van der Waals surface area contributed by atoms with Gasteiger partial charge in [-0.3, -0.25) is 9.69 Å². The van der Waals surface area contributed by atoms with E-state index < -0.39 is 10.0 Å². The van der Waals surface area contributed by atoms with Crippen LogP contribution in [0.15, 0.2) is 47.5 Å². The van der Waals surface area contributed by atoms with Crippen molar-refractivity contribution in [3.63, 3.8) is 0 Å². The average molecular weight is 486 g/mol. The van der Waals surface area contributed by atoms with E-state index in [2.05, 4.69) is 20.9 Å². The van der Waals surface area contributed by atoms with Gasteiger partial charge in [0.05, 0.1) is 13.2 Å². The molecule has 0 atom stereocenters. The number of piperazine rings is 1. The number of rotatable bonds is 6. The number of sulfonamides is 1. The van der Waals surface area contributed by atoms with Gasteiger partial charge < -0.3 is 14.5 Å². The predicted molar refractivity (Wildman–Crippen MR) is 130 cm³/mol. The lowest BCUT2D eigenvalue weighted by Gasteiger charge is -2.35. The lowest BCUT2D eigenvalue weighted by Crippen LogP contribution is -2.47. The number of carbonyl (C=O) groups excluding carboxylic acids is 1. The summed E-state index contributed by atoms with van der Waals surface area (Å²) in [6.45, 7) is 6.39. The summed E-state index contributed by atoms with van der Waals surface area (Å²) in [6.07, 6.45) is 2.90. The van der Waals surface area contributed by atoms with Crippen molar-refractivity contribution in [1.82, 2.24) is 14.2 Å². The third-order valence-electron chi connectivity index (χ3n) is 6.85. The van der Waals surface area contributed by atoms with Crippen molar-refractivity contribution in [2.75, 3.05) is 75.4 Å². The molecule has 0 unspecified atom stereocenters. The van der Waals surface area contributed by atoms with E-state index in [0.29, 0.717) is 32.7 Å². The first kappa shape index (κ1) is 23.2. The number of nitrogens with zero attached hydrogens (tertiary/aromatic N) is 5. The minimum absolute atomic E-state index is 0.186. The van der Waals surface area contributed by atoms with Gasteiger partial charge in [0, 0.05) is 70.7 Å². The maximum Gasteiger partial charge on any atom is 0.244 e. The number of amides is 1. The lowest BCUT2D eigenvalue weighted by molar-refractivity contribution is -0.118. The van der Waals surface area contributed by atoms with E-state index in [1.807, 2.05) is 23.1 Å². The van der Waals surface area contributed by atoms with Crippen LogP contribution in [0.5, 0.6) is 0 Å². The van der Waals surface area contributed by atoms with Crippen molar-refractivity contribution in [1.29, 1.82) is 0 Å². The van der Waals surface area contributed by atoms with Crippen molar-refractivity contribution in [3.8, 4) is 0 Å². The number of carbonyl (C=O) groups is 1. The van der Waals surface area contributed by atoms with Crippen molar-refractivity contribution in [2.45, 2.75) is 17.7 Å². The highest BCUT2D eigenvalue weighted by molar-refractivity contribution is 7.89. The van der Waals surface area contributed by atoms with E-state index in [1.54, 1.807) is 12.1 Å². The number of pyridine rings is 1. The Kier molecular flexibility index (Phi) is 6.82. The molecule has 9 nitrogen and oxygen atoms in total. The molecule has 182 valence electrons. The van der Waals surface area contributed by atoms with Crippen LogP contribution in [0.1, 0.15) is 12.0 Å². The fourth-order valence-corrected chi connectivity index (χ4v) is 6.19. The molecule has 3 aliphatic heterocycles. The molecule has 2 fully saturated rings. The maximum atomic E-state index is 12.8. The summed E-state index contributed by atoms with van der Waals surface area (Å²) < 4.78 is 32.3. The Labute approximate surface area is 201 Å². The zero-order valence-electron chi connectivity index (χ0n) is 19.3. The van der Waals surface area contributed by atoms with Crippen LogP contribution in [0.25, 0.3) is 0 Å². The SMILES string of the molecule is O=C(CCN1CCN(c2ccc(S(=O)(=O)N3CCOCC3)cn2)CC1)N1CCc2ccccc21. The highest BCUT2D eigenvalue weighted by Crippen LogP contribution is 2.28. The number of benzene rings is 1. The summed E-state index contributed by atoms with van der Waals surface area (Å²) in [5.74, 6) is 0.969. The number of aromatic nitrogens is 1. The summed E-state index contributed by atoms with van der Waals surface area (Å²) in [7, 11) is -3.53. The number of fused-ring (bicyclic) bond motifs is 1. The van der Waals surface area contributed by atoms with Crippen molar-refractivity contribution in [2.24, 2.45) is 0 Å². The molecule has 1 amide bonds. The second-order valence-corrected chi connectivity index (χ2v) is 10.8. The van der Waals surface area contributed by atoms with Crippen LogP contribution >= 0.6 is 0 Å². The molecule has 4 heterocycles. The molecular formula is C24H31N5O4S. The van der Waals surface area contributed by atoms with Gasteiger partial charge in [-0.2, -0.15) is 4.31 Å². The predicted octanol–water partition coefficient (Wildman–Crippen LogP) is 1.20. The van der Waals surface area contributed by atoms with Crippen LogP contribution < -0.4 is 9.80 Å². The third-order valence-corrected chi connectivity index (χ3v) is 8.74. The van der Waals surface area contributed by atoms with Gasteiger partial charge in [0.1, 0.15) is 10.7 Å². The van der Waals surface area contributed by atoms with E-state index >= 15 is 0 Å². The Morgan fingerprint density at radius 3 is 2.44 bits per heavy atom. The second kappa shape index (κ2) is 9.99. The molecule has 1 aromatic heterocycles. The van der Waals surface area contributed by atoms with Gasteiger partial charge in [-0.05, 0) is 30.2 Å². The Morgan fingerprint density at radius 2 is 1.71 bits per heavy atom. The van der Waals surface area contributed by atoms with Crippen LogP contribution in [-0.2, 0) is 26.0 Å². The molecule has 5 rings (SSSR count). The minimum Gasteiger partial charge on any atom is -0.379 e. The zero-order chi connectivity index (χ0) is 23.5. The highest BCUT2D eigenvalue weighted by Gasteiger charge is 2.28. The molecular weight excluding hydrogens is 454 g/mol. The van der Waals surface area contributed by atoms with Crippen molar-refractivity contribution >= 4 is 27.4 Å². The summed E-state index contributed by atoms with van der Waals surface area (Å²) in [5, 5.41) is 0. The quantitative estimate of drug-likeness (QED) is 0.608. The summed E-state index contributed by atoms with van der Waals surface area (Å²) >= 11 is 0. The van der Waals surface area contributed by atoms with Crippen molar-refractivity contribution in [3.05, 3.63) is 48.2 Å². The molecule has 2 saturated heterocycles. The molecule has 1 aromatic carbocycles. The Balaban J connectivity index is 1.11. The number of ether oxygens (including phenoxy) is 1. The van der Waals surface area contributed by atoms with Crippen LogP contribution in [-0.4, -0.2) is 94.1 Å². The fraction of sp³-hybridized carbons (Fsp3) is 0.500. The number of anilines is 2. The number of hydrogen-bond donors (Lipinski definition) is 0. The average Bonchev–Trinajstić information content (AvgIpc) is 3.33. The molecule has 10 heteroatoms. The number of hydrogen-bond acceptors (Lipinski definition) is 7. The van der Waals surface area contributed by atoms with Gasteiger partial charge in [0.25, 0.3) is 0 Å². The zero-order valence-corrected chi connectivity index (χ0v) is 20.1. The summed E-state index contributed by atoms with van der Waals surface area (Å²) in [4.78, 5) is 23.8. The largest absolute Gasteiger partial charge is 0.379 e. The normalized spacial score (nSPS) is 19.9. The molecule has 0 saturated carbocycles. The maximum absolute atomic E-state index is 12.8. The molecule has 34 heavy (non-hydrogen) atoms. The van der Waals surface area contributed by atoms with E-state index in [4.69, 9.17) is 4.74 Å². The highest BCUT2D eigenvalue weighted by atomic mass is 32.2. The molecule has 0 radical (unpaired) electrons. The summed E-state index contributed by atoms with van der Waals surface area (Å²) in [6, 6.07) is 11.6. The number of para-hydroxylation sites is 1. The van der Waals surface area contributed by atoms with Crippen molar-refractivity contribution < 1.29 is 17.9 Å². The Hall–Kier alpha value is -2.53. The van der Waals surface area contributed by atoms with Gasteiger partial charge in [0.15, 0.2) is 0 Å². The first-order chi connectivity index (χ1) is 16.5. The van der Waals surface area contributed by atoms with Gasteiger partial charge in [0.2, 0.25) is 15.9 Å². The molecule has 3 aliphatic rings. The van der Waals surface area contributed by atoms with Crippen LogP contribution in [0.4, 0.5) is 11.5 Å². The minimum atomic E-state index is -3.53. The standard InChI is InChI=1S/C24H31N5O4S/c30-24(29-10-7-20-3-1-2-4-22(20)29)8-9-26-11-13-27(14-12-26)23-6-5-21(19-25-23)34(31,32)28-15-17-33-18-16-28/h1-6,19H,7-18H2. The first-order valence-electron chi connectivity index (χ1n) is 11.9. The fourth-order valence-electron chi connectivity index (χ4n) is 4.83. The van der Waals surface area contributed by atoms with E-state index in [0.717, 1.165) is 57.2 Å².